The highest BCUT2D eigenvalue weighted by Gasteiger charge is 2.24. The van der Waals surface area contributed by atoms with Gasteiger partial charge in [-0.05, 0) is 53.2 Å². The lowest BCUT2D eigenvalue weighted by atomic mass is 9.96. The summed E-state index contributed by atoms with van der Waals surface area (Å²) in [6.07, 6.45) is -0.590. The molecule has 0 aromatic heterocycles. The maximum absolute atomic E-state index is 10.6. The van der Waals surface area contributed by atoms with Gasteiger partial charge in [0.2, 0.25) is 0 Å². The topological polar surface area (TPSA) is 41.5 Å². The van der Waals surface area contributed by atoms with Gasteiger partial charge in [0.25, 0.3) is 0 Å². The third-order valence-corrected chi connectivity index (χ3v) is 3.10. The van der Waals surface area contributed by atoms with Gasteiger partial charge in [0, 0.05) is 17.1 Å². The number of aryl methyl sites for hydroxylation is 2. The predicted molar refractivity (Wildman–Crippen MR) is 79.8 cm³/mol. The summed E-state index contributed by atoms with van der Waals surface area (Å²) in [5, 5.41) is 14.0. The fourth-order valence-corrected chi connectivity index (χ4v) is 2.52. The van der Waals surface area contributed by atoms with E-state index in [4.69, 9.17) is 4.74 Å². The standard InChI is InChI=1S/C16H27NO2/c1-10-8-11(2)15(19-7)13(9-10)14(18)12(3)17-16(4,5)6/h8-9,12,14,17-18H,1-7H3. The van der Waals surface area contributed by atoms with Crippen LogP contribution < -0.4 is 10.1 Å². The minimum Gasteiger partial charge on any atom is -0.496 e. The summed E-state index contributed by atoms with van der Waals surface area (Å²) in [6.45, 7) is 12.3. The highest BCUT2D eigenvalue weighted by molar-refractivity contribution is 5.45. The van der Waals surface area contributed by atoms with Crippen molar-refractivity contribution in [3.63, 3.8) is 0 Å². The Morgan fingerprint density at radius 2 is 1.79 bits per heavy atom. The van der Waals surface area contributed by atoms with Crippen LogP contribution in [-0.2, 0) is 0 Å². The largest absolute Gasteiger partial charge is 0.496 e. The van der Waals surface area contributed by atoms with E-state index < -0.39 is 6.10 Å². The van der Waals surface area contributed by atoms with E-state index in [2.05, 4.69) is 32.2 Å². The van der Waals surface area contributed by atoms with E-state index >= 15 is 0 Å². The highest BCUT2D eigenvalue weighted by Crippen LogP contribution is 2.32. The van der Waals surface area contributed by atoms with Gasteiger partial charge in [0.05, 0.1) is 13.2 Å². The van der Waals surface area contributed by atoms with Crippen LogP contribution in [0.15, 0.2) is 12.1 Å². The monoisotopic (exact) mass is 265 g/mol. The molecule has 19 heavy (non-hydrogen) atoms. The van der Waals surface area contributed by atoms with Gasteiger partial charge >= 0.3 is 0 Å². The van der Waals surface area contributed by atoms with Crippen LogP contribution >= 0.6 is 0 Å². The van der Waals surface area contributed by atoms with Crippen LogP contribution in [0.5, 0.6) is 5.75 Å². The minimum absolute atomic E-state index is 0.0352. The molecule has 3 nitrogen and oxygen atoms in total. The molecule has 0 aliphatic carbocycles. The molecule has 0 heterocycles. The molecule has 108 valence electrons. The molecule has 0 spiro atoms. The van der Waals surface area contributed by atoms with E-state index in [1.807, 2.05) is 26.8 Å². The molecule has 0 bridgehead atoms. The number of nitrogens with one attached hydrogen (secondary N) is 1. The van der Waals surface area contributed by atoms with E-state index in [0.29, 0.717) is 0 Å². The van der Waals surface area contributed by atoms with Crippen molar-refractivity contribution in [3.05, 3.63) is 28.8 Å². The number of aliphatic hydroxyl groups is 1. The van der Waals surface area contributed by atoms with E-state index in [9.17, 15) is 5.11 Å². The number of rotatable bonds is 4. The van der Waals surface area contributed by atoms with Gasteiger partial charge in [-0.25, -0.2) is 0 Å². The van der Waals surface area contributed by atoms with Crippen molar-refractivity contribution in [2.24, 2.45) is 0 Å². The van der Waals surface area contributed by atoms with E-state index in [1.165, 1.54) is 0 Å². The smallest absolute Gasteiger partial charge is 0.127 e. The molecule has 0 amide bonds. The van der Waals surface area contributed by atoms with Crippen LogP contribution in [-0.4, -0.2) is 23.8 Å². The number of methoxy groups -OCH3 is 1. The molecule has 3 heteroatoms. The molecule has 1 aromatic carbocycles. The molecule has 2 unspecified atom stereocenters. The average molecular weight is 265 g/mol. The van der Waals surface area contributed by atoms with Gasteiger partial charge in [-0.2, -0.15) is 0 Å². The van der Waals surface area contributed by atoms with Crippen LogP contribution in [0.4, 0.5) is 0 Å². The quantitative estimate of drug-likeness (QED) is 0.879. The Morgan fingerprint density at radius 1 is 1.21 bits per heavy atom. The van der Waals surface area contributed by atoms with E-state index in [0.717, 1.165) is 22.4 Å². The summed E-state index contributed by atoms with van der Waals surface area (Å²) in [5.41, 5.74) is 3.01. The minimum atomic E-state index is -0.590. The van der Waals surface area contributed by atoms with Crippen LogP contribution in [0.3, 0.4) is 0 Å². The Morgan fingerprint density at radius 3 is 2.26 bits per heavy atom. The molecular formula is C16H27NO2. The third-order valence-electron chi connectivity index (χ3n) is 3.10. The number of hydrogen-bond donors (Lipinski definition) is 2. The lowest BCUT2D eigenvalue weighted by molar-refractivity contribution is 0.118. The van der Waals surface area contributed by atoms with Gasteiger partial charge in [-0.1, -0.05) is 11.6 Å². The molecule has 0 aliphatic rings. The van der Waals surface area contributed by atoms with Crippen molar-refractivity contribution in [2.75, 3.05) is 7.11 Å². The van der Waals surface area contributed by atoms with Gasteiger partial charge in [0.15, 0.2) is 0 Å². The molecule has 1 rings (SSSR count). The van der Waals surface area contributed by atoms with Gasteiger partial charge < -0.3 is 15.2 Å². The molecular weight excluding hydrogens is 238 g/mol. The van der Waals surface area contributed by atoms with Crippen LogP contribution in [0.25, 0.3) is 0 Å². The van der Waals surface area contributed by atoms with Crippen molar-refractivity contribution in [1.29, 1.82) is 0 Å². The molecule has 0 aliphatic heterocycles. The summed E-state index contributed by atoms with van der Waals surface area (Å²) in [7, 11) is 1.65. The molecule has 0 radical (unpaired) electrons. The van der Waals surface area contributed by atoms with E-state index in [-0.39, 0.29) is 11.6 Å². The molecule has 1 aromatic rings. The second-order valence-corrected chi connectivity index (χ2v) is 6.33. The third kappa shape index (κ3) is 4.22. The lowest BCUT2D eigenvalue weighted by Gasteiger charge is -2.30. The van der Waals surface area contributed by atoms with Crippen LogP contribution in [0, 0.1) is 13.8 Å². The zero-order valence-electron chi connectivity index (χ0n) is 13.2. The number of aliphatic hydroxyl groups excluding tert-OH is 1. The normalized spacial score (nSPS) is 15.2. The van der Waals surface area contributed by atoms with Gasteiger partial charge in [-0.15, -0.1) is 0 Å². The molecule has 0 saturated heterocycles. The van der Waals surface area contributed by atoms with Gasteiger partial charge in [0.1, 0.15) is 5.75 Å². The number of hydrogen-bond acceptors (Lipinski definition) is 3. The molecule has 0 saturated carbocycles. The Bertz CT molecular complexity index is 435. The lowest BCUT2D eigenvalue weighted by Crippen LogP contribution is -2.45. The number of ether oxygens (including phenoxy) is 1. The van der Waals surface area contributed by atoms with Crippen LogP contribution in [0.1, 0.15) is 50.5 Å². The maximum atomic E-state index is 10.6. The van der Waals surface area contributed by atoms with Crippen molar-refractivity contribution >= 4 is 0 Å². The Kier molecular flexibility index (Phi) is 4.99. The SMILES string of the molecule is COc1c(C)cc(C)cc1C(O)C(C)NC(C)(C)C. The first-order chi connectivity index (χ1) is 8.65. The summed E-state index contributed by atoms with van der Waals surface area (Å²) in [4.78, 5) is 0. The first kappa shape index (κ1) is 16.0. The molecule has 2 N–H and O–H groups in total. The summed E-state index contributed by atoms with van der Waals surface area (Å²) >= 11 is 0. The molecule has 0 fully saturated rings. The summed E-state index contributed by atoms with van der Waals surface area (Å²) in [6, 6.07) is 4.02. The predicted octanol–water partition coefficient (Wildman–Crippen LogP) is 3.12. The summed E-state index contributed by atoms with van der Waals surface area (Å²) < 4.78 is 5.44. The summed E-state index contributed by atoms with van der Waals surface area (Å²) in [5.74, 6) is 0.778. The van der Waals surface area contributed by atoms with E-state index in [1.54, 1.807) is 7.11 Å². The first-order valence-corrected chi connectivity index (χ1v) is 6.76. The Hall–Kier alpha value is -1.06. The average Bonchev–Trinajstić information content (AvgIpc) is 2.24. The fourth-order valence-electron chi connectivity index (χ4n) is 2.52. The highest BCUT2D eigenvalue weighted by atomic mass is 16.5. The second-order valence-electron chi connectivity index (χ2n) is 6.33. The van der Waals surface area contributed by atoms with Crippen molar-refractivity contribution < 1.29 is 9.84 Å². The Balaban J connectivity index is 3.08. The van der Waals surface area contributed by atoms with Gasteiger partial charge in [-0.3, -0.25) is 0 Å². The van der Waals surface area contributed by atoms with Crippen LogP contribution in [0.2, 0.25) is 0 Å². The maximum Gasteiger partial charge on any atom is 0.127 e. The molecule has 2 atom stereocenters. The zero-order chi connectivity index (χ0) is 14.8. The second kappa shape index (κ2) is 5.93. The van der Waals surface area contributed by atoms with Crippen molar-refractivity contribution in [1.82, 2.24) is 5.32 Å². The van der Waals surface area contributed by atoms with Crippen molar-refractivity contribution in [2.45, 2.75) is 59.2 Å². The fraction of sp³-hybridized carbons (Fsp3) is 0.625. The first-order valence-electron chi connectivity index (χ1n) is 6.76. The zero-order valence-corrected chi connectivity index (χ0v) is 13.2. The number of benzene rings is 1. The van der Waals surface area contributed by atoms with Crippen molar-refractivity contribution in [3.8, 4) is 5.75 Å². The Labute approximate surface area is 117 Å².